The number of carbonyl (C=O) groups is 1. The van der Waals surface area contributed by atoms with Crippen LogP contribution in [-0.4, -0.2) is 35.0 Å². The maximum Gasteiger partial charge on any atom is 0.261 e. The van der Waals surface area contributed by atoms with E-state index >= 15 is 0 Å². The van der Waals surface area contributed by atoms with Gasteiger partial charge >= 0.3 is 0 Å². The van der Waals surface area contributed by atoms with E-state index in [1.165, 1.54) is 12.1 Å². The number of benzene rings is 1. The first kappa shape index (κ1) is 19.1. The van der Waals surface area contributed by atoms with E-state index in [9.17, 15) is 14.0 Å². The minimum Gasteiger partial charge on any atom is -0.490 e. The number of nitrogens with one attached hydrogen (secondary N) is 1. The third-order valence-electron chi connectivity index (χ3n) is 4.79. The summed E-state index contributed by atoms with van der Waals surface area (Å²) >= 11 is 0. The number of aromatic amines is 1. The number of H-pyrrole nitrogens is 1. The molecule has 0 atom stereocenters. The van der Waals surface area contributed by atoms with Crippen molar-refractivity contribution < 1.29 is 13.9 Å². The largest absolute Gasteiger partial charge is 0.490 e. The van der Waals surface area contributed by atoms with Gasteiger partial charge in [0.2, 0.25) is 0 Å². The third kappa shape index (κ3) is 4.56. The Kier molecular flexibility index (Phi) is 5.35. The lowest BCUT2D eigenvalue weighted by molar-refractivity contribution is 0.0593. The summed E-state index contributed by atoms with van der Waals surface area (Å²) in [6.45, 7) is 7.05. The van der Waals surface area contributed by atoms with Gasteiger partial charge in [0.25, 0.3) is 11.5 Å². The van der Waals surface area contributed by atoms with Crippen LogP contribution in [0, 0.1) is 5.82 Å². The van der Waals surface area contributed by atoms with Gasteiger partial charge in [-0.25, -0.2) is 4.39 Å². The minimum absolute atomic E-state index is 0.0268. The molecule has 1 fully saturated rings. The molecule has 27 heavy (non-hydrogen) atoms. The van der Waals surface area contributed by atoms with Gasteiger partial charge in [0.1, 0.15) is 23.2 Å². The molecule has 1 aromatic heterocycles. The molecule has 0 saturated carbocycles. The van der Waals surface area contributed by atoms with Gasteiger partial charge in [-0.3, -0.25) is 9.59 Å². The van der Waals surface area contributed by atoms with E-state index in [2.05, 4.69) is 4.98 Å². The molecule has 1 aliphatic heterocycles. The van der Waals surface area contributed by atoms with Crippen molar-refractivity contribution in [3.8, 4) is 5.75 Å². The molecule has 0 aliphatic carbocycles. The van der Waals surface area contributed by atoms with E-state index in [-0.39, 0.29) is 34.4 Å². The van der Waals surface area contributed by atoms with Crippen LogP contribution in [0.3, 0.4) is 0 Å². The monoisotopic (exact) mass is 372 g/mol. The molecule has 5 nitrogen and oxygen atoms in total. The first-order valence-electron chi connectivity index (χ1n) is 9.19. The van der Waals surface area contributed by atoms with Crippen molar-refractivity contribution in [2.45, 2.75) is 45.1 Å². The first-order chi connectivity index (χ1) is 12.7. The molecule has 0 radical (unpaired) electrons. The average molecular weight is 372 g/mol. The normalized spacial score (nSPS) is 15.6. The van der Waals surface area contributed by atoms with E-state index < -0.39 is 0 Å². The molecule has 3 rings (SSSR count). The maximum atomic E-state index is 13.0. The number of nitrogens with zero attached hydrogens (tertiary/aromatic N) is 1. The molecule has 0 unspecified atom stereocenters. The Bertz CT molecular complexity index is 860. The van der Waals surface area contributed by atoms with Crippen molar-refractivity contribution in [1.82, 2.24) is 9.88 Å². The fourth-order valence-corrected chi connectivity index (χ4v) is 3.13. The predicted molar refractivity (Wildman–Crippen MR) is 102 cm³/mol. The van der Waals surface area contributed by atoms with Crippen molar-refractivity contribution in [3.63, 3.8) is 0 Å². The van der Waals surface area contributed by atoms with Gasteiger partial charge in [0.05, 0.1) is 0 Å². The molecule has 1 N–H and O–H groups in total. The van der Waals surface area contributed by atoms with Crippen molar-refractivity contribution in [3.05, 3.63) is 63.8 Å². The number of amides is 1. The number of aromatic nitrogens is 1. The predicted octanol–water partition coefficient (Wildman–Crippen LogP) is 3.50. The molecule has 2 heterocycles. The number of ether oxygens (including phenoxy) is 1. The summed E-state index contributed by atoms with van der Waals surface area (Å²) in [6, 6.07) is 9.34. The van der Waals surface area contributed by atoms with Crippen LogP contribution >= 0.6 is 0 Å². The van der Waals surface area contributed by atoms with Crippen molar-refractivity contribution in [2.24, 2.45) is 0 Å². The standard InChI is InChI=1S/C21H25FN2O3/c1-21(2,3)18-9-8-17(19(25)23-18)20(26)24-12-10-16(11-13-24)27-15-6-4-14(22)5-7-15/h4-9,16H,10-13H2,1-3H3,(H,23,25). The summed E-state index contributed by atoms with van der Waals surface area (Å²) in [5.74, 6) is 0.0674. The Morgan fingerprint density at radius 2 is 1.74 bits per heavy atom. The van der Waals surface area contributed by atoms with Crippen LogP contribution in [0.4, 0.5) is 4.39 Å². The molecule has 1 amide bonds. The van der Waals surface area contributed by atoms with Gasteiger partial charge < -0.3 is 14.6 Å². The lowest BCUT2D eigenvalue weighted by atomic mass is 9.91. The molecule has 1 aromatic carbocycles. The number of halogens is 1. The summed E-state index contributed by atoms with van der Waals surface area (Å²) in [6.07, 6.45) is 1.31. The highest BCUT2D eigenvalue weighted by Crippen LogP contribution is 2.21. The molecular formula is C21H25FN2O3. The molecule has 1 saturated heterocycles. The fourth-order valence-electron chi connectivity index (χ4n) is 3.13. The number of rotatable bonds is 3. The van der Waals surface area contributed by atoms with Gasteiger partial charge in [-0.05, 0) is 36.4 Å². The van der Waals surface area contributed by atoms with Crippen LogP contribution < -0.4 is 10.3 Å². The van der Waals surface area contributed by atoms with Crippen LogP contribution in [0.2, 0.25) is 0 Å². The summed E-state index contributed by atoms with van der Waals surface area (Å²) in [4.78, 5) is 29.6. The summed E-state index contributed by atoms with van der Waals surface area (Å²) in [5, 5.41) is 0. The Morgan fingerprint density at radius 1 is 1.11 bits per heavy atom. The second-order valence-electron chi connectivity index (χ2n) is 7.93. The topological polar surface area (TPSA) is 62.4 Å². The zero-order valence-corrected chi connectivity index (χ0v) is 15.9. The Morgan fingerprint density at radius 3 is 2.30 bits per heavy atom. The third-order valence-corrected chi connectivity index (χ3v) is 4.79. The summed E-state index contributed by atoms with van der Waals surface area (Å²) < 4.78 is 18.8. The zero-order chi connectivity index (χ0) is 19.6. The lowest BCUT2D eigenvalue weighted by Gasteiger charge is -2.32. The Balaban J connectivity index is 1.61. The van der Waals surface area contributed by atoms with E-state index in [1.54, 1.807) is 29.2 Å². The highest BCUT2D eigenvalue weighted by atomic mass is 19.1. The van der Waals surface area contributed by atoms with Crippen LogP contribution in [0.1, 0.15) is 49.7 Å². The van der Waals surface area contributed by atoms with E-state index in [4.69, 9.17) is 4.74 Å². The van der Waals surface area contributed by atoms with Crippen LogP contribution in [-0.2, 0) is 5.41 Å². The Labute approximate surface area is 158 Å². The molecule has 2 aromatic rings. The van der Waals surface area contributed by atoms with Crippen molar-refractivity contribution in [1.29, 1.82) is 0 Å². The van der Waals surface area contributed by atoms with Crippen molar-refractivity contribution in [2.75, 3.05) is 13.1 Å². The Hall–Kier alpha value is -2.63. The van der Waals surface area contributed by atoms with Crippen molar-refractivity contribution >= 4 is 5.91 Å². The van der Waals surface area contributed by atoms with Gasteiger partial charge in [-0.15, -0.1) is 0 Å². The first-order valence-corrected chi connectivity index (χ1v) is 9.19. The number of carbonyl (C=O) groups excluding carboxylic acids is 1. The van der Waals surface area contributed by atoms with Gasteiger partial charge in [-0.2, -0.15) is 0 Å². The summed E-state index contributed by atoms with van der Waals surface area (Å²) in [7, 11) is 0. The highest BCUT2D eigenvalue weighted by Gasteiger charge is 2.26. The van der Waals surface area contributed by atoms with E-state index in [0.29, 0.717) is 31.7 Å². The maximum absolute atomic E-state index is 13.0. The van der Waals surface area contributed by atoms with Crippen LogP contribution in [0.5, 0.6) is 5.75 Å². The van der Waals surface area contributed by atoms with Gasteiger partial charge in [-0.1, -0.05) is 20.8 Å². The fraction of sp³-hybridized carbons (Fsp3) is 0.429. The SMILES string of the molecule is CC(C)(C)c1ccc(C(=O)N2CCC(Oc3ccc(F)cc3)CC2)c(=O)[nH]1. The van der Waals surface area contributed by atoms with E-state index in [0.717, 1.165) is 5.69 Å². The quantitative estimate of drug-likeness (QED) is 0.897. The van der Waals surface area contributed by atoms with Crippen LogP contribution in [0.15, 0.2) is 41.2 Å². The number of likely N-dealkylation sites (tertiary alicyclic amines) is 1. The summed E-state index contributed by atoms with van der Waals surface area (Å²) in [5.41, 5.74) is 0.435. The number of piperidine rings is 1. The molecule has 0 spiro atoms. The lowest BCUT2D eigenvalue weighted by Crippen LogP contribution is -2.43. The number of hydrogen-bond acceptors (Lipinski definition) is 3. The second-order valence-corrected chi connectivity index (χ2v) is 7.93. The number of hydrogen-bond donors (Lipinski definition) is 1. The molecule has 1 aliphatic rings. The number of pyridine rings is 1. The minimum atomic E-state index is -0.350. The molecule has 0 bridgehead atoms. The molecule has 144 valence electrons. The van der Waals surface area contributed by atoms with E-state index in [1.807, 2.05) is 20.8 Å². The smallest absolute Gasteiger partial charge is 0.261 e. The van der Waals surface area contributed by atoms with Crippen LogP contribution in [0.25, 0.3) is 0 Å². The highest BCUT2D eigenvalue weighted by molar-refractivity contribution is 5.93. The molecular weight excluding hydrogens is 347 g/mol. The second kappa shape index (κ2) is 7.55. The van der Waals surface area contributed by atoms with Gasteiger partial charge in [0.15, 0.2) is 0 Å². The average Bonchev–Trinajstić information content (AvgIpc) is 2.63. The van der Waals surface area contributed by atoms with Gasteiger partial charge in [0, 0.05) is 37.0 Å². The zero-order valence-electron chi connectivity index (χ0n) is 15.9. The molecule has 6 heteroatoms.